The second kappa shape index (κ2) is 69.5. The summed E-state index contributed by atoms with van der Waals surface area (Å²) in [6.07, 6.45) is 31.4. The van der Waals surface area contributed by atoms with Gasteiger partial charge in [0.15, 0.2) is 0 Å². The molecule has 0 amide bonds. The molecular weight excluding hydrogens is 1600 g/mol. The van der Waals surface area contributed by atoms with Crippen molar-refractivity contribution >= 4 is 63.1 Å². The van der Waals surface area contributed by atoms with Crippen molar-refractivity contribution in [1.29, 1.82) is 0 Å². The molecule has 635 valence electrons. The van der Waals surface area contributed by atoms with Crippen LogP contribution in [0.1, 0.15) is 251 Å². The molecular formula is C105H120F5O5S5. The molecule has 0 atom stereocenters. The smallest absolute Gasteiger partial charge is 0.119 e. The lowest BCUT2D eigenvalue weighted by Gasteiger charge is -2.05. The molecule has 10 aromatic carbocycles. The van der Waals surface area contributed by atoms with E-state index in [0.29, 0.717) is 0 Å². The first-order valence-corrected chi connectivity index (χ1v) is 43.5. The van der Waals surface area contributed by atoms with Crippen LogP contribution in [0.5, 0.6) is 28.7 Å². The molecule has 0 fully saturated rings. The summed E-state index contributed by atoms with van der Waals surface area (Å²) in [5, 5.41) is 0. The van der Waals surface area contributed by atoms with Crippen LogP contribution in [-0.4, -0.2) is 33.0 Å². The molecule has 0 bridgehead atoms. The van der Waals surface area contributed by atoms with E-state index in [1.54, 1.807) is 0 Å². The third-order valence-corrected chi connectivity index (χ3v) is 19.2. The van der Waals surface area contributed by atoms with Crippen LogP contribution in [0, 0.1) is 59.2 Å². The zero-order chi connectivity index (χ0) is 81.7. The molecule has 0 N–H and O–H groups in total. The molecule has 0 spiro atoms. The number of hydrogen-bond acceptors (Lipinski definition) is 5. The van der Waals surface area contributed by atoms with Crippen molar-refractivity contribution in [2.75, 3.05) is 33.0 Å². The Kier molecular flexibility index (Phi) is 62.4. The van der Waals surface area contributed by atoms with E-state index in [9.17, 15) is 0 Å². The van der Waals surface area contributed by atoms with Gasteiger partial charge < -0.3 is 23.7 Å². The number of rotatable bonds is 35. The SMILES string of the molecule is CCCCCCCOc1ccc(C#Cc2ccc([S])cc2)cc1.CCCCCCCOc1ccc(C#Cc2ccc([S])cc2)cc1.CCCCCCCOc1ccc(C#Cc2ccc([S])cc2)cc1.CCCCCCCOc1ccc(C#Cc2ccc([S])cc2)cc1.CCCCCCCOc1ccc(C#Cc2ccc([S])cc2)cc1.F.F.F.F.F. The topological polar surface area (TPSA) is 46.2 Å². The highest BCUT2D eigenvalue weighted by Gasteiger charge is 2.03. The predicted octanol–water partition coefficient (Wildman–Crippen LogP) is 30.7. The van der Waals surface area contributed by atoms with E-state index < -0.39 is 0 Å². The van der Waals surface area contributed by atoms with E-state index in [2.05, 4.69) is 93.8 Å². The van der Waals surface area contributed by atoms with Crippen LogP contribution in [0.4, 0.5) is 23.5 Å². The first-order chi connectivity index (χ1) is 56.4. The monoisotopic (exact) mass is 1720 g/mol. The van der Waals surface area contributed by atoms with Gasteiger partial charge in [0.2, 0.25) is 0 Å². The largest absolute Gasteiger partial charge is 0.494 e. The van der Waals surface area contributed by atoms with Crippen LogP contribution in [-0.2, 0) is 0 Å². The van der Waals surface area contributed by atoms with Crippen molar-refractivity contribution in [3.8, 4) is 88.0 Å². The summed E-state index contributed by atoms with van der Waals surface area (Å²) in [4.78, 5) is 4.20. The predicted molar refractivity (Wildman–Crippen MR) is 507 cm³/mol. The van der Waals surface area contributed by atoms with E-state index in [0.717, 1.165) is 174 Å². The zero-order valence-corrected chi connectivity index (χ0v) is 74.5. The summed E-state index contributed by atoms with van der Waals surface area (Å²) < 4.78 is 28.8. The van der Waals surface area contributed by atoms with Crippen molar-refractivity contribution in [1.82, 2.24) is 0 Å². The second-order valence-corrected chi connectivity index (χ2v) is 30.2. The standard InChI is InChI=1S/5C21H23OS.5FH/c5*1-2-3-4-5-6-17-22-20-13-9-18(10-14-20)7-8-19-11-15-21(23)16-12-19;;;;;/h5*9-16H,2-6,17H2,1H3;5*1H. The molecule has 0 unspecified atom stereocenters. The Hall–Kier alpha value is -10.3. The van der Waals surface area contributed by atoms with E-state index in [1.165, 1.54) is 128 Å². The van der Waals surface area contributed by atoms with Crippen molar-refractivity contribution < 1.29 is 47.2 Å². The number of benzene rings is 10. The molecule has 0 aliphatic carbocycles. The Bertz CT molecular complexity index is 3880. The van der Waals surface area contributed by atoms with Gasteiger partial charge in [-0.1, -0.05) is 285 Å². The van der Waals surface area contributed by atoms with E-state index in [1.807, 2.05) is 243 Å². The lowest BCUT2D eigenvalue weighted by molar-refractivity contribution is 0.304. The van der Waals surface area contributed by atoms with E-state index >= 15 is 0 Å². The van der Waals surface area contributed by atoms with Gasteiger partial charge in [-0.2, -0.15) is 0 Å². The average Bonchev–Trinajstić information content (AvgIpc) is 0.908. The third kappa shape index (κ3) is 51.3. The highest BCUT2D eigenvalue weighted by atomic mass is 32.1. The van der Waals surface area contributed by atoms with Gasteiger partial charge in [0, 0.05) is 80.1 Å². The molecule has 15 heteroatoms. The number of hydrogen-bond donors (Lipinski definition) is 0. The van der Waals surface area contributed by atoms with Crippen LogP contribution in [0.3, 0.4) is 0 Å². The lowest BCUT2D eigenvalue weighted by atomic mass is 10.1. The van der Waals surface area contributed by atoms with Crippen molar-refractivity contribution in [2.45, 2.75) is 220 Å². The quantitative estimate of drug-likeness (QED) is 0.0225. The highest BCUT2D eigenvalue weighted by molar-refractivity contribution is 7.81. The zero-order valence-electron chi connectivity index (χ0n) is 70.4. The summed E-state index contributed by atoms with van der Waals surface area (Å²) >= 11 is 25.3. The molecule has 0 saturated heterocycles. The molecule has 0 heterocycles. The van der Waals surface area contributed by atoms with Crippen LogP contribution in [0.15, 0.2) is 267 Å². The van der Waals surface area contributed by atoms with Crippen LogP contribution < -0.4 is 23.7 Å². The fourth-order valence-corrected chi connectivity index (χ4v) is 11.7. The Morgan fingerprint density at radius 2 is 0.267 bits per heavy atom. The van der Waals surface area contributed by atoms with Crippen molar-refractivity contribution in [2.24, 2.45) is 0 Å². The molecule has 10 aromatic rings. The fraction of sp³-hybridized carbons (Fsp3) is 0.333. The molecule has 0 aliphatic heterocycles. The van der Waals surface area contributed by atoms with Gasteiger partial charge in [0.05, 0.1) is 33.0 Å². The van der Waals surface area contributed by atoms with Crippen molar-refractivity contribution in [3.05, 3.63) is 298 Å². The average molecular weight is 1720 g/mol. The molecule has 5 nitrogen and oxygen atoms in total. The van der Waals surface area contributed by atoms with E-state index in [-0.39, 0.29) is 23.5 Å². The summed E-state index contributed by atoms with van der Waals surface area (Å²) in [6, 6.07) is 78.4. The summed E-state index contributed by atoms with van der Waals surface area (Å²) in [5.41, 5.74) is 9.83. The molecule has 0 aliphatic rings. The summed E-state index contributed by atoms with van der Waals surface area (Å²) in [6.45, 7) is 15.1. The Balaban J connectivity index is 0.000000742. The van der Waals surface area contributed by atoms with Gasteiger partial charge in [0.1, 0.15) is 28.7 Å². The maximum absolute atomic E-state index is 5.76. The summed E-state index contributed by atoms with van der Waals surface area (Å²) in [5.74, 6) is 36.1. The molecule has 0 saturated carbocycles. The van der Waals surface area contributed by atoms with Gasteiger partial charge in [-0.3, -0.25) is 23.5 Å². The van der Waals surface area contributed by atoms with Crippen LogP contribution in [0.25, 0.3) is 0 Å². The van der Waals surface area contributed by atoms with Crippen LogP contribution >= 0.6 is 63.1 Å². The molecule has 10 rings (SSSR count). The minimum Gasteiger partial charge on any atom is -0.494 e. The number of unbranched alkanes of at least 4 members (excludes halogenated alkanes) is 20. The maximum Gasteiger partial charge on any atom is 0.119 e. The number of ether oxygens (including phenoxy) is 5. The Morgan fingerprint density at radius 3 is 0.383 bits per heavy atom. The third-order valence-electron chi connectivity index (χ3n) is 17.9. The highest BCUT2D eigenvalue weighted by Crippen LogP contribution is 2.21. The van der Waals surface area contributed by atoms with Crippen LogP contribution in [0.2, 0.25) is 0 Å². The van der Waals surface area contributed by atoms with Crippen molar-refractivity contribution in [3.63, 3.8) is 0 Å². The van der Waals surface area contributed by atoms with Gasteiger partial charge in [-0.05, 0) is 275 Å². The Labute approximate surface area is 743 Å². The lowest BCUT2D eigenvalue weighted by Crippen LogP contribution is -1.97. The normalized spacial score (nSPS) is 9.54. The fourth-order valence-electron chi connectivity index (χ4n) is 11.1. The van der Waals surface area contributed by atoms with Gasteiger partial charge in [-0.25, -0.2) is 0 Å². The molecule has 0 aromatic heterocycles. The summed E-state index contributed by atoms with van der Waals surface area (Å²) in [7, 11) is 0. The molecule has 120 heavy (non-hydrogen) atoms. The Morgan fingerprint density at radius 1 is 0.158 bits per heavy atom. The van der Waals surface area contributed by atoms with Gasteiger partial charge in [-0.15, -0.1) is 0 Å². The van der Waals surface area contributed by atoms with Gasteiger partial charge >= 0.3 is 0 Å². The second-order valence-electron chi connectivity index (χ2n) is 27.8. The first kappa shape index (κ1) is 108. The van der Waals surface area contributed by atoms with Gasteiger partial charge in [0.25, 0.3) is 0 Å². The first-order valence-electron chi connectivity index (χ1n) is 41.5. The van der Waals surface area contributed by atoms with E-state index in [4.69, 9.17) is 86.8 Å². The maximum atomic E-state index is 5.76. The minimum absolute atomic E-state index is 0. The number of halogens is 5. The minimum atomic E-state index is 0. The molecule has 5 radical (unpaired) electrons.